The number of hydrogen-bond donors (Lipinski definition) is 0. The van der Waals surface area contributed by atoms with Gasteiger partial charge in [0.1, 0.15) is 4.21 Å². The maximum atomic E-state index is 12.8. The van der Waals surface area contributed by atoms with Crippen LogP contribution >= 0.6 is 22.9 Å². The first-order valence-electron chi connectivity index (χ1n) is 9.52. The summed E-state index contributed by atoms with van der Waals surface area (Å²) in [5, 5.41) is 0.639. The molecular formula is C20H25ClN2O3S2. The van der Waals surface area contributed by atoms with E-state index in [0.29, 0.717) is 35.4 Å². The van der Waals surface area contributed by atoms with Crippen LogP contribution in [-0.2, 0) is 27.8 Å². The standard InChI is InChI=1S/C20H25ClN2O3S2/c1-2-22(15-16-8-4-5-9-18(16)21)19(24)14-17-10-11-20(27-17)28(25,26)23-12-6-3-7-13-23/h4-5,8-11H,2-3,6-7,12-15H2,1H3. The normalized spacial score (nSPS) is 15.5. The van der Waals surface area contributed by atoms with Gasteiger partial charge in [-0.15, -0.1) is 11.3 Å². The Hall–Kier alpha value is -1.41. The predicted octanol–water partition coefficient (Wildman–Crippen LogP) is 4.17. The van der Waals surface area contributed by atoms with E-state index in [1.165, 1.54) is 11.3 Å². The molecule has 0 atom stereocenters. The largest absolute Gasteiger partial charge is 0.338 e. The number of sulfonamides is 1. The first kappa shape index (κ1) is 21.3. The molecule has 0 saturated carbocycles. The predicted molar refractivity (Wildman–Crippen MR) is 113 cm³/mol. The molecule has 1 fully saturated rings. The van der Waals surface area contributed by atoms with E-state index in [0.717, 1.165) is 29.7 Å². The molecule has 1 aliphatic heterocycles. The van der Waals surface area contributed by atoms with Crippen molar-refractivity contribution >= 4 is 38.9 Å². The average molecular weight is 441 g/mol. The van der Waals surface area contributed by atoms with E-state index in [-0.39, 0.29) is 12.3 Å². The van der Waals surface area contributed by atoms with Crippen LogP contribution in [-0.4, -0.2) is 43.2 Å². The van der Waals surface area contributed by atoms with Gasteiger partial charge in [-0.1, -0.05) is 36.2 Å². The smallest absolute Gasteiger partial charge is 0.252 e. The quantitative estimate of drug-likeness (QED) is 0.649. The maximum Gasteiger partial charge on any atom is 0.252 e. The van der Waals surface area contributed by atoms with Crippen molar-refractivity contribution in [3.05, 3.63) is 51.9 Å². The third-order valence-corrected chi connectivity index (χ3v) is 8.75. The first-order valence-corrected chi connectivity index (χ1v) is 12.2. The molecule has 0 aliphatic carbocycles. The monoisotopic (exact) mass is 440 g/mol. The highest BCUT2D eigenvalue weighted by Gasteiger charge is 2.27. The molecule has 2 heterocycles. The molecule has 1 aliphatic rings. The summed E-state index contributed by atoms with van der Waals surface area (Å²) in [5.41, 5.74) is 0.902. The van der Waals surface area contributed by atoms with Crippen LogP contribution in [0.2, 0.25) is 5.02 Å². The summed E-state index contributed by atoms with van der Waals surface area (Å²) in [6.45, 7) is 4.09. The van der Waals surface area contributed by atoms with Crippen LogP contribution in [0.1, 0.15) is 36.6 Å². The Morgan fingerprint density at radius 2 is 1.86 bits per heavy atom. The van der Waals surface area contributed by atoms with Crippen molar-refractivity contribution in [3.8, 4) is 0 Å². The van der Waals surface area contributed by atoms with Crippen molar-refractivity contribution < 1.29 is 13.2 Å². The number of amides is 1. The number of hydrogen-bond acceptors (Lipinski definition) is 4. The molecule has 152 valence electrons. The van der Waals surface area contributed by atoms with E-state index < -0.39 is 10.0 Å². The van der Waals surface area contributed by atoms with Crippen molar-refractivity contribution in [1.82, 2.24) is 9.21 Å². The average Bonchev–Trinajstić information content (AvgIpc) is 3.17. The molecule has 0 bridgehead atoms. The van der Waals surface area contributed by atoms with Crippen LogP contribution in [0.5, 0.6) is 0 Å². The number of benzene rings is 1. The van der Waals surface area contributed by atoms with Crippen LogP contribution in [0, 0.1) is 0 Å². The van der Waals surface area contributed by atoms with Crippen LogP contribution < -0.4 is 0 Å². The van der Waals surface area contributed by atoms with Crippen molar-refractivity contribution in [2.24, 2.45) is 0 Å². The van der Waals surface area contributed by atoms with Gasteiger partial charge in [0, 0.05) is 36.1 Å². The minimum atomic E-state index is -3.45. The summed E-state index contributed by atoms with van der Waals surface area (Å²) < 4.78 is 27.4. The van der Waals surface area contributed by atoms with Gasteiger partial charge in [0.2, 0.25) is 5.91 Å². The lowest BCUT2D eigenvalue weighted by Gasteiger charge is -2.25. The van der Waals surface area contributed by atoms with Crippen molar-refractivity contribution in [2.75, 3.05) is 19.6 Å². The summed E-state index contributed by atoms with van der Waals surface area (Å²) in [4.78, 5) is 15.2. The van der Waals surface area contributed by atoms with Gasteiger partial charge >= 0.3 is 0 Å². The second kappa shape index (κ2) is 9.39. The zero-order valence-electron chi connectivity index (χ0n) is 15.9. The van der Waals surface area contributed by atoms with Gasteiger partial charge in [-0.2, -0.15) is 4.31 Å². The second-order valence-electron chi connectivity index (χ2n) is 6.86. The molecular weight excluding hydrogens is 416 g/mol. The molecule has 1 saturated heterocycles. The fraction of sp³-hybridized carbons (Fsp3) is 0.450. The lowest BCUT2D eigenvalue weighted by Crippen LogP contribution is -2.35. The lowest BCUT2D eigenvalue weighted by atomic mass is 10.2. The Bertz CT molecular complexity index is 921. The molecule has 1 aromatic heterocycles. The number of nitrogens with zero attached hydrogens (tertiary/aromatic N) is 2. The van der Waals surface area contributed by atoms with Crippen LogP contribution in [0.3, 0.4) is 0 Å². The zero-order valence-corrected chi connectivity index (χ0v) is 18.3. The minimum absolute atomic E-state index is 0.0359. The van der Waals surface area contributed by atoms with Crippen molar-refractivity contribution in [1.29, 1.82) is 0 Å². The number of carbonyl (C=O) groups is 1. The molecule has 1 aromatic carbocycles. The minimum Gasteiger partial charge on any atom is -0.338 e. The highest BCUT2D eigenvalue weighted by molar-refractivity contribution is 7.91. The molecule has 2 aromatic rings. The van der Waals surface area contributed by atoms with Gasteiger partial charge < -0.3 is 4.90 Å². The Balaban J connectivity index is 1.68. The molecule has 28 heavy (non-hydrogen) atoms. The Labute approximate surface area is 176 Å². The number of carbonyl (C=O) groups excluding carboxylic acids is 1. The molecule has 1 amide bonds. The number of piperidine rings is 1. The van der Waals surface area contributed by atoms with Gasteiger partial charge in [-0.05, 0) is 43.5 Å². The number of likely N-dealkylation sites (N-methyl/N-ethyl adjacent to an activating group) is 1. The lowest BCUT2D eigenvalue weighted by molar-refractivity contribution is -0.130. The maximum absolute atomic E-state index is 12.8. The van der Waals surface area contributed by atoms with E-state index in [2.05, 4.69) is 0 Å². The zero-order chi connectivity index (χ0) is 20.1. The highest BCUT2D eigenvalue weighted by Crippen LogP contribution is 2.28. The molecule has 0 radical (unpaired) electrons. The van der Waals surface area contributed by atoms with E-state index >= 15 is 0 Å². The summed E-state index contributed by atoms with van der Waals surface area (Å²) in [5.74, 6) is -0.0359. The Morgan fingerprint density at radius 1 is 1.14 bits per heavy atom. The van der Waals surface area contributed by atoms with E-state index in [1.807, 2.05) is 31.2 Å². The van der Waals surface area contributed by atoms with Crippen molar-refractivity contribution in [2.45, 2.75) is 43.4 Å². The molecule has 0 N–H and O–H groups in total. The third-order valence-electron chi connectivity index (χ3n) is 4.93. The van der Waals surface area contributed by atoms with Gasteiger partial charge in [-0.3, -0.25) is 4.79 Å². The third kappa shape index (κ3) is 4.95. The fourth-order valence-electron chi connectivity index (χ4n) is 3.29. The molecule has 0 unspecified atom stereocenters. The SMILES string of the molecule is CCN(Cc1ccccc1Cl)C(=O)Cc1ccc(S(=O)(=O)N2CCCCC2)s1. The fourth-order valence-corrected chi connectivity index (χ4v) is 6.51. The number of thiophene rings is 1. The van der Waals surface area contributed by atoms with E-state index in [4.69, 9.17) is 11.6 Å². The summed E-state index contributed by atoms with van der Waals surface area (Å²) in [7, 11) is -3.45. The van der Waals surface area contributed by atoms with Crippen LogP contribution in [0.4, 0.5) is 0 Å². The van der Waals surface area contributed by atoms with E-state index in [1.54, 1.807) is 21.3 Å². The number of rotatable bonds is 7. The molecule has 5 nitrogen and oxygen atoms in total. The van der Waals surface area contributed by atoms with Gasteiger partial charge in [0.05, 0.1) is 6.42 Å². The highest BCUT2D eigenvalue weighted by atomic mass is 35.5. The van der Waals surface area contributed by atoms with Crippen molar-refractivity contribution in [3.63, 3.8) is 0 Å². The van der Waals surface area contributed by atoms with Gasteiger partial charge in [0.15, 0.2) is 0 Å². The number of halogens is 1. The Morgan fingerprint density at radius 3 is 2.54 bits per heavy atom. The van der Waals surface area contributed by atoms with Gasteiger partial charge in [0.25, 0.3) is 10.0 Å². The van der Waals surface area contributed by atoms with Gasteiger partial charge in [-0.25, -0.2) is 8.42 Å². The van der Waals surface area contributed by atoms with E-state index in [9.17, 15) is 13.2 Å². The topological polar surface area (TPSA) is 57.7 Å². The van der Waals surface area contributed by atoms with Crippen LogP contribution in [0.15, 0.2) is 40.6 Å². The first-order chi connectivity index (χ1) is 13.4. The van der Waals surface area contributed by atoms with Crippen LogP contribution in [0.25, 0.3) is 0 Å². The molecule has 0 spiro atoms. The summed E-state index contributed by atoms with van der Waals surface area (Å²) in [6.07, 6.45) is 3.08. The molecule has 3 rings (SSSR count). The second-order valence-corrected chi connectivity index (χ2v) is 10.6. The summed E-state index contributed by atoms with van der Waals surface area (Å²) in [6, 6.07) is 10.9. The molecule has 8 heteroatoms. The Kier molecular flexibility index (Phi) is 7.15. The summed E-state index contributed by atoms with van der Waals surface area (Å²) >= 11 is 7.41.